The van der Waals surface area contributed by atoms with Crippen molar-refractivity contribution in [2.75, 3.05) is 6.61 Å². The molecule has 2 N–H and O–H groups in total. The van der Waals surface area contributed by atoms with E-state index in [1.54, 1.807) is 0 Å². The highest BCUT2D eigenvalue weighted by Gasteiger charge is 2.42. The van der Waals surface area contributed by atoms with Crippen molar-refractivity contribution in [3.63, 3.8) is 0 Å². The van der Waals surface area contributed by atoms with Gasteiger partial charge in [-0.2, -0.15) is 0 Å². The zero-order chi connectivity index (χ0) is 13.3. The Morgan fingerprint density at radius 2 is 2.00 bits per heavy atom. The lowest BCUT2D eigenvalue weighted by Gasteiger charge is -2.17. The van der Waals surface area contributed by atoms with Gasteiger partial charge in [-0.1, -0.05) is 6.92 Å². The van der Waals surface area contributed by atoms with Gasteiger partial charge in [0.25, 0.3) is 0 Å². The van der Waals surface area contributed by atoms with Gasteiger partial charge in [-0.25, -0.2) is 4.79 Å². The Morgan fingerprint density at radius 1 is 1.33 bits per heavy atom. The van der Waals surface area contributed by atoms with Crippen molar-refractivity contribution < 1.29 is 24.2 Å². The number of aliphatic carboxylic acids is 1. The number of carboxylic acids is 1. The monoisotopic (exact) mass is 255 g/mol. The third-order valence-corrected chi connectivity index (χ3v) is 3.70. The molecule has 6 heteroatoms. The second-order valence-corrected chi connectivity index (χ2v) is 5.15. The summed E-state index contributed by atoms with van der Waals surface area (Å²) in [6.45, 7) is 2.25. The van der Waals surface area contributed by atoms with Gasteiger partial charge >= 0.3 is 11.9 Å². The smallest absolute Gasteiger partial charge is 0.328 e. The van der Waals surface area contributed by atoms with Crippen molar-refractivity contribution in [1.82, 2.24) is 5.32 Å². The maximum absolute atomic E-state index is 12.0. The molecular weight excluding hydrogens is 238 g/mol. The van der Waals surface area contributed by atoms with E-state index in [4.69, 9.17) is 9.84 Å². The third-order valence-electron chi connectivity index (χ3n) is 3.70. The number of cyclic esters (lactones) is 1. The molecule has 0 bridgehead atoms. The van der Waals surface area contributed by atoms with Crippen molar-refractivity contribution >= 4 is 17.8 Å². The number of hydrogen-bond acceptors (Lipinski definition) is 4. The number of carbonyl (C=O) groups is 3. The standard InChI is InChI=1S/C12H17NO5/c1-6-4-7(8(5-6)11(15)16)10(14)13-9-2-3-18-12(9)17/h6-9H,2-5H2,1H3,(H,13,14)(H,15,16)/t6?,7-,8+,9?/m0/s1. The van der Waals surface area contributed by atoms with Crippen LogP contribution in [-0.4, -0.2) is 35.6 Å². The van der Waals surface area contributed by atoms with E-state index in [9.17, 15) is 14.4 Å². The summed E-state index contributed by atoms with van der Waals surface area (Å²) < 4.78 is 4.75. The van der Waals surface area contributed by atoms with Gasteiger partial charge in [0.15, 0.2) is 0 Å². The van der Waals surface area contributed by atoms with Crippen LogP contribution in [0.15, 0.2) is 0 Å². The summed E-state index contributed by atoms with van der Waals surface area (Å²) in [5, 5.41) is 11.7. The fourth-order valence-corrected chi connectivity index (χ4v) is 2.76. The number of esters is 1. The molecule has 1 heterocycles. The van der Waals surface area contributed by atoms with Gasteiger partial charge in [-0.3, -0.25) is 9.59 Å². The van der Waals surface area contributed by atoms with E-state index in [0.717, 1.165) is 0 Å². The molecule has 2 aliphatic rings. The second-order valence-electron chi connectivity index (χ2n) is 5.15. The SMILES string of the molecule is CC1C[C@H](C(=O)NC2CCOC2=O)[C@H](C(=O)O)C1. The molecular formula is C12H17NO5. The molecule has 2 fully saturated rings. The molecule has 1 amide bonds. The molecule has 2 rings (SSSR count). The first-order valence-corrected chi connectivity index (χ1v) is 6.19. The van der Waals surface area contributed by atoms with Gasteiger partial charge in [0, 0.05) is 6.42 Å². The van der Waals surface area contributed by atoms with Crippen LogP contribution in [-0.2, 0) is 19.1 Å². The van der Waals surface area contributed by atoms with Crippen LogP contribution in [0.1, 0.15) is 26.2 Å². The molecule has 0 spiro atoms. The van der Waals surface area contributed by atoms with E-state index in [-0.39, 0.29) is 11.8 Å². The molecule has 1 aliphatic carbocycles. The molecule has 1 saturated heterocycles. The van der Waals surface area contributed by atoms with Gasteiger partial charge in [-0.15, -0.1) is 0 Å². The van der Waals surface area contributed by atoms with Gasteiger partial charge in [0.1, 0.15) is 6.04 Å². The maximum atomic E-state index is 12.0. The van der Waals surface area contributed by atoms with Gasteiger partial charge in [-0.05, 0) is 18.8 Å². The number of hydrogen-bond donors (Lipinski definition) is 2. The first kappa shape index (κ1) is 12.9. The zero-order valence-electron chi connectivity index (χ0n) is 10.2. The second kappa shape index (κ2) is 4.96. The number of rotatable bonds is 3. The van der Waals surface area contributed by atoms with Crippen molar-refractivity contribution in [2.45, 2.75) is 32.2 Å². The maximum Gasteiger partial charge on any atom is 0.328 e. The highest BCUT2D eigenvalue weighted by Crippen LogP contribution is 2.36. The van der Waals surface area contributed by atoms with Crippen molar-refractivity contribution in [1.29, 1.82) is 0 Å². The molecule has 6 nitrogen and oxygen atoms in total. The largest absolute Gasteiger partial charge is 0.481 e. The van der Waals surface area contributed by atoms with E-state index in [1.165, 1.54) is 0 Å². The van der Waals surface area contributed by atoms with E-state index >= 15 is 0 Å². The van der Waals surface area contributed by atoms with Crippen LogP contribution in [0.2, 0.25) is 0 Å². The zero-order valence-corrected chi connectivity index (χ0v) is 10.2. The molecule has 18 heavy (non-hydrogen) atoms. The van der Waals surface area contributed by atoms with Crippen LogP contribution in [0.4, 0.5) is 0 Å². The highest BCUT2D eigenvalue weighted by atomic mass is 16.5. The Labute approximate surface area is 105 Å². The number of amides is 1. The fourth-order valence-electron chi connectivity index (χ4n) is 2.76. The van der Waals surface area contributed by atoms with Gasteiger partial charge in [0.05, 0.1) is 18.4 Å². The first-order chi connectivity index (χ1) is 8.49. The molecule has 1 saturated carbocycles. The highest BCUT2D eigenvalue weighted by molar-refractivity contribution is 5.89. The van der Waals surface area contributed by atoms with E-state index in [0.29, 0.717) is 25.9 Å². The summed E-state index contributed by atoms with van der Waals surface area (Å²) in [6.07, 6.45) is 1.54. The van der Waals surface area contributed by atoms with Crippen LogP contribution in [0.25, 0.3) is 0 Å². The third kappa shape index (κ3) is 2.47. The summed E-state index contributed by atoms with van der Waals surface area (Å²) in [5.41, 5.74) is 0. The summed E-state index contributed by atoms with van der Waals surface area (Å²) in [7, 11) is 0. The Bertz CT molecular complexity index is 381. The molecule has 0 radical (unpaired) electrons. The lowest BCUT2D eigenvalue weighted by Crippen LogP contribution is -2.43. The Kier molecular flexibility index (Phi) is 3.54. The number of carbonyl (C=O) groups excluding carboxylic acids is 2. The summed E-state index contributed by atoms with van der Waals surface area (Å²) in [6, 6.07) is -0.608. The minimum Gasteiger partial charge on any atom is -0.481 e. The molecule has 100 valence electrons. The molecule has 0 aromatic rings. The fraction of sp³-hybridized carbons (Fsp3) is 0.750. The van der Waals surface area contributed by atoms with Crippen LogP contribution in [0, 0.1) is 17.8 Å². The van der Waals surface area contributed by atoms with Crippen LogP contribution in [0.3, 0.4) is 0 Å². The Morgan fingerprint density at radius 3 is 2.56 bits per heavy atom. The number of carboxylic acid groups (broad SMARTS) is 1. The normalized spacial score (nSPS) is 35.3. The minimum absolute atomic E-state index is 0.220. The van der Waals surface area contributed by atoms with Crippen molar-refractivity contribution in [3.8, 4) is 0 Å². The Hall–Kier alpha value is -1.59. The lowest BCUT2D eigenvalue weighted by molar-refractivity contribution is -0.146. The van der Waals surface area contributed by atoms with E-state index in [1.807, 2.05) is 6.92 Å². The average molecular weight is 255 g/mol. The molecule has 0 aromatic heterocycles. The predicted octanol–water partition coefficient (Wildman–Crippen LogP) is 0.165. The molecule has 1 aliphatic heterocycles. The van der Waals surface area contributed by atoms with E-state index < -0.39 is 29.8 Å². The summed E-state index contributed by atoms with van der Waals surface area (Å²) in [5.74, 6) is -2.66. The molecule has 2 unspecified atom stereocenters. The Balaban J connectivity index is 1.99. The lowest BCUT2D eigenvalue weighted by atomic mass is 9.95. The average Bonchev–Trinajstić information content (AvgIpc) is 2.86. The minimum atomic E-state index is -0.937. The summed E-state index contributed by atoms with van der Waals surface area (Å²) >= 11 is 0. The predicted molar refractivity (Wildman–Crippen MR) is 60.5 cm³/mol. The first-order valence-electron chi connectivity index (χ1n) is 6.19. The van der Waals surface area contributed by atoms with Crippen LogP contribution in [0.5, 0.6) is 0 Å². The van der Waals surface area contributed by atoms with Crippen LogP contribution >= 0.6 is 0 Å². The van der Waals surface area contributed by atoms with Crippen LogP contribution < -0.4 is 5.32 Å². The topological polar surface area (TPSA) is 92.7 Å². The van der Waals surface area contributed by atoms with Gasteiger partial charge < -0.3 is 15.2 Å². The number of ether oxygens (including phenoxy) is 1. The van der Waals surface area contributed by atoms with E-state index in [2.05, 4.69) is 5.32 Å². The summed E-state index contributed by atoms with van der Waals surface area (Å²) in [4.78, 5) is 34.4. The van der Waals surface area contributed by atoms with Crippen molar-refractivity contribution in [3.05, 3.63) is 0 Å². The van der Waals surface area contributed by atoms with Crippen molar-refractivity contribution in [2.24, 2.45) is 17.8 Å². The number of nitrogens with one attached hydrogen (secondary N) is 1. The quantitative estimate of drug-likeness (QED) is 0.701. The molecule has 0 aromatic carbocycles. The molecule has 4 atom stereocenters. The van der Waals surface area contributed by atoms with Gasteiger partial charge in [0.2, 0.25) is 5.91 Å².